The number of anilines is 1. The zero-order valence-electron chi connectivity index (χ0n) is 9.67. The Labute approximate surface area is 98.1 Å². The van der Waals surface area contributed by atoms with Crippen LogP contribution in [0.15, 0.2) is 24.4 Å². The molecular formula is C12H13F2N3. The summed E-state index contributed by atoms with van der Waals surface area (Å²) in [6, 6.07) is 3.84. The predicted octanol–water partition coefficient (Wildman–Crippen LogP) is 2.62. The van der Waals surface area contributed by atoms with Gasteiger partial charge in [0.25, 0.3) is 0 Å². The molecule has 90 valence electrons. The normalized spacial score (nSPS) is 10.6. The summed E-state index contributed by atoms with van der Waals surface area (Å²) in [4.78, 5) is 0. The molecule has 0 aliphatic rings. The van der Waals surface area contributed by atoms with Gasteiger partial charge in [-0.15, -0.1) is 0 Å². The summed E-state index contributed by atoms with van der Waals surface area (Å²) in [6.45, 7) is 1.94. The second-order valence-corrected chi connectivity index (χ2v) is 3.86. The van der Waals surface area contributed by atoms with Crippen LogP contribution in [0.4, 0.5) is 14.5 Å². The smallest absolute Gasteiger partial charge is 0.131 e. The van der Waals surface area contributed by atoms with Crippen LogP contribution < -0.4 is 5.32 Å². The fourth-order valence-electron chi connectivity index (χ4n) is 1.66. The van der Waals surface area contributed by atoms with Crippen LogP contribution >= 0.6 is 0 Å². The van der Waals surface area contributed by atoms with Gasteiger partial charge in [0, 0.05) is 25.4 Å². The first-order valence-corrected chi connectivity index (χ1v) is 5.25. The molecular weight excluding hydrogens is 224 g/mol. The minimum atomic E-state index is -0.543. The molecule has 0 radical (unpaired) electrons. The van der Waals surface area contributed by atoms with Gasteiger partial charge in [0.1, 0.15) is 11.6 Å². The van der Waals surface area contributed by atoms with Gasteiger partial charge in [-0.25, -0.2) is 8.78 Å². The third-order valence-corrected chi connectivity index (χ3v) is 2.53. The van der Waals surface area contributed by atoms with Crippen molar-refractivity contribution in [3.63, 3.8) is 0 Å². The first-order valence-electron chi connectivity index (χ1n) is 5.25. The summed E-state index contributed by atoms with van der Waals surface area (Å²) in [6.07, 6.45) is 1.77. The van der Waals surface area contributed by atoms with E-state index in [-0.39, 0.29) is 12.1 Å². The number of hydrogen-bond acceptors (Lipinski definition) is 2. The van der Waals surface area contributed by atoms with Crippen LogP contribution in [0.25, 0.3) is 0 Å². The highest BCUT2D eigenvalue weighted by molar-refractivity contribution is 5.46. The van der Waals surface area contributed by atoms with Gasteiger partial charge < -0.3 is 5.32 Å². The molecule has 0 saturated carbocycles. The molecule has 0 spiro atoms. The molecule has 0 saturated heterocycles. The van der Waals surface area contributed by atoms with Gasteiger partial charge in [-0.2, -0.15) is 5.10 Å². The second kappa shape index (κ2) is 4.53. The van der Waals surface area contributed by atoms with Crippen LogP contribution in [0, 0.1) is 18.6 Å². The lowest BCUT2D eigenvalue weighted by molar-refractivity contribution is 0.560. The largest absolute Gasteiger partial charge is 0.378 e. The van der Waals surface area contributed by atoms with Crippen molar-refractivity contribution in [2.24, 2.45) is 7.05 Å². The lowest BCUT2D eigenvalue weighted by atomic mass is 10.2. The van der Waals surface area contributed by atoms with Crippen molar-refractivity contribution in [1.82, 2.24) is 9.78 Å². The molecule has 1 aromatic carbocycles. The highest BCUT2D eigenvalue weighted by atomic mass is 19.1. The van der Waals surface area contributed by atoms with E-state index >= 15 is 0 Å². The molecule has 0 atom stereocenters. The SMILES string of the molecule is Cc1nn(C)cc1NCc1c(F)cccc1F. The molecule has 0 aliphatic carbocycles. The molecule has 0 unspecified atom stereocenters. The number of aryl methyl sites for hydroxylation is 2. The molecule has 0 aliphatic heterocycles. The van der Waals surface area contributed by atoms with Crippen LogP contribution in [0.3, 0.4) is 0 Å². The Morgan fingerprint density at radius 3 is 2.47 bits per heavy atom. The van der Waals surface area contributed by atoms with E-state index in [0.717, 1.165) is 11.4 Å². The number of benzene rings is 1. The van der Waals surface area contributed by atoms with Crippen LogP contribution in [-0.4, -0.2) is 9.78 Å². The predicted molar refractivity (Wildman–Crippen MR) is 61.6 cm³/mol. The van der Waals surface area contributed by atoms with E-state index in [2.05, 4.69) is 10.4 Å². The fraction of sp³-hybridized carbons (Fsp3) is 0.250. The maximum atomic E-state index is 13.4. The van der Waals surface area contributed by atoms with E-state index < -0.39 is 11.6 Å². The Kier molecular flexibility index (Phi) is 3.08. The van der Waals surface area contributed by atoms with Crippen molar-refractivity contribution in [3.8, 4) is 0 Å². The third kappa shape index (κ3) is 2.43. The molecule has 0 amide bonds. The number of nitrogens with one attached hydrogen (secondary N) is 1. The van der Waals surface area contributed by atoms with Gasteiger partial charge >= 0.3 is 0 Å². The fourth-order valence-corrected chi connectivity index (χ4v) is 1.66. The molecule has 5 heteroatoms. The molecule has 17 heavy (non-hydrogen) atoms. The molecule has 0 bridgehead atoms. The Morgan fingerprint density at radius 1 is 1.29 bits per heavy atom. The van der Waals surface area contributed by atoms with Gasteiger partial charge in [0.15, 0.2) is 0 Å². The molecule has 1 N–H and O–H groups in total. The molecule has 0 fully saturated rings. The van der Waals surface area contributed by atoms with Crippen LogP contribution in [0.1, 0.15) is 11.3 Å². The average Bonchev–Trinajstić information content (AvgIpc) is 2.57. The zero-order chi connectivity index (χ0) is 12.4. The van der Waals surface area contributed by atoms with Gasteiger partial charge in [-0.3, -0.25) is 4.68 Å². The molecule has 1 heterocycles. The van der Waals surface area contributed by atoms with E-state index in [1.807, 2.05) is 6.92 Å². The first-order chi connectivity index (χ1) is 8.08. The summed E-state index contributed by atoms with van der Waals surface area (Å²) in [5.74, 6) is -1.09. The number of rotatable bonds is 3. The summed E-state index contributed by atoms with van der Waals surface area (Å²) < 4.78 is 28.4. The summed E-state index contributed by atoms with van der Waals surface area (Å²) in [5.41, 5.74) is 1.61. The van der Waals surface area contributed by atoms with Gasteiger partial charge in [0.05, 0.1) is 11.4 Å². The average molecular weight is 237 g/mol. The number of nitrogens with zero attached hydrogens (tertiary/aromatic N) is 2. The monoisotopic (exact) mass is 237 g/mol. The van der Waals surface area contributed by atoms with Crippen LogP contribution in [0.2, 0.25) is 0 Å². The maximum absolute atomic E-state index is 13.4. The summed E-state index contributed by atoms with van der Waals surface area (Å²) in [5, 5.41) is 7.10. The van der Waals surface area contributed by atoms with Crippen molar-refractivity contribution < 1.29 is 8.78 Å². The van der Waals surface area contributed by atoms with Crippen molar-refractivity contribution in [1.29, 1.82) is 0 Å². The highest BCUT2D eigenvalue weighted by Gasteiger charge is 2.09. The summed E-state index contributed by atoms with van der Waals surface area (Å²) in [7, 11) is 1.79. The maximum Gasteiger partial charge on any atom is 0.131 e. The molecule has 1 aromatic heterocycles. The lowest BCUT2D eigenvalue weighted by Crippen LogP contribution is -2.04. The van der Waals surface area contributed by atoms with Crippen molar-refractivity contribution in [3.05, 3.63) is 47.3 Å². The number of hydrogen-bond donors (Lipinski definition) is 1. The van der Waals surface area contributed by atoms with E-state index in [1.54, 1.807) is 17.9 Å². The van der Waals surface area contributed by atoms with E-state index in [0.29, 0.717) is 0 Å². The van der Waals surface area contributed by atoms with Crippen molar-refractivity contribution in [2.75, 3.05) is 5.32 Å². The van der Waals surface area contributed by atoms with Crippen molar-refractivity contribution >= 4 is 5.69 Å². The lowest BCUT2D eigenvalue weighted by Gasteiger charge is -2.07. The minimum absolute atomic E-state index is 0.0377. The molecule has 2 rings (SSSR count). The number of aromatic nitrogens is 2. The summed E-state index contributed by atoms with van der Waals surface area (Å²) >= 11 is 0. The van der Waals surface area contributed by atoms with Gasteiger partial charge in [-0.1, -0.05) is 6.07 Å². The molecule has 2 aromatic rings. The van der Waals surface area contributed by atoms with E-state index in [9.17, 15) is 8.78 Å². The quantitative estimate of drug-likeness (QED) is 0.889. The van der Waals surface area contributed by atoms with Crippen LogP contribution in [0.5, 0.6) is 0 Å². The van der Waals surface area contributed by atoms with Crippen molar-refractivity contribution in [2.45, 2.75) is 13.5 Å². The third-order valence-electron chi connectivity index (χ3n) is 2.53. The number of halogens is 2. The Balaban J connectivity index is 2.15. The van der Waals surface area contributed by atoms with Gasteiger partial charge in [-0.05, 0) is 19.1 Å². The Bertz CT molecular complexity index is 514. The Hall–Kier alpha value is -1.91. The van der Waals surface area contributed by atoms with Crippen LogP contribution in [-0.2, 0) is 13.6 Å². The Morgan fingerprint density at radius 2 is 1.94 bits per heavy atom. The first kappa shape index (κ1) is 11.6. The van der Waals surface area contributed by atoms with E-state index in [1.165, 1.54) is 18.2 Å². The second-order valence-electron chi connectivity index (χ2n) is 3.86. The van der Waals surface area contributed by atoms with Gasteiger partial charge in [0.2, 0.25) is 0 Å². The van der Waals surface area contributed by atoms with E-state index in [4.69, 9.17) is 0 Å². The zero-order valence-corrected chi connectivity index (χ0v) is 9.67. The molecule has 3 nitrogen and oxygen atoms in total. The standard InChI is InChI=1S/C12H13F2N3/c1-8-12(7-17(2)16-8)15-6-9-10(13)4-3-5-11(9)14/h3-5,7,15H,6H2,1-2H3. The topological polar surface area (TPSA) is 29.9 Å². The minimum Gasteiger partial charge on any atom is -0.378 e. The highest BCUT2D eigenvalue weighted by Crippen LogP contribution is 2.16.